The molecular weight excluding hydrogens is 390 g/mol. The monoisotopic (exact) mass is 413 g/mol. The van der Waals surface area contributed by atoms with Crippen LogP contribution in [0.25, 0.3) is 0 Å². The molecule has 158 valence electrons. The Balaban J connectivity index is 1.55. The summed E-state index contributed by atoms with van der Waals surface area (Å²) in [7, 11) is 0. The Labute approximate surface area is 173 Å². The summed E-state index contributed by atoms with van der Waals surface area (Å²) in [5.41, 5.74) is 0.0494. The molecule has 0 spiro atoms. The number of nitrogens with zero attached hydrogens (tertiary/aromatic N) is 1. The molecule has 0 radical (unpaired) electrons. The number of phenols is 2. The molecule has 30 heavy (non-hydrogen) atoms. The molecule has 8 heteroatoms. The van der Waals surface area contributed by atoms with Gasteiger partial charge in [0.2, 0.25) is 0 Å². The van der Waals surface area contributed by atoms with Crippen LogP contribution in [-0.4, -0.2) is 53.5 Å². The van der Waals surface area contributed by atoms with Gasteiger partial charge in [-0.05, 0) is 49.4 Å². The van der Waals surface area contributed by atoms with Crippen LogP contribution in [0.5, 0.6) is 23.0 Å². The van der Waals surface area contributed by atoms with E-state index >= 15 is 0 Å². The predicted molar refractivity (Wildman–Crippen MR) is 107 cm³/mol. The fraction of sp³-hybridized carbons (Fsp3) is 0.318. The minimum Gasteiger partial charge on any atom is -0.507 e. The second kappa shape index (κ2) is 9.78. The van der Waals surface area contributed by atoms with Crippen LogP contribution < -0.4 is 9.47 Å². The van der Waals surface area contributed by atoms with E-state index in [4.69, 9.17) is 9.47 Å². The van der Waals surface area contributed by atoms with Crippen molar-refractivity contribution in [3.05, 3.63) is 47.5 Å². The fourth-order valence-corrected chi connectivity index (χ4v) is 3.48. The number of carbonyl (C=O) groups excluding carboxylic acids is 3. The first-order valence-electron chi connectivity index (χ1n) is 9.67. The first kappa shape index (κ1) is 21.2. The quantitative estimate of drug-likeness (QED) is 0.669. The highest BCUT2D eigenvalue weighted by Gasteiger charge is 2.26. The lowest BCUT2D eigenvalue weighted by Gasteiger charge is -2.32. The largest absolute Gasteiger partial charge is 0.507 e. The molecule has 2 N–H and O–H groups in total. The summed E-state index contributed by atoms with van der Waals surface area (Å²) >= 11 is 0. The highest BCUT2D eigenvalue weighted by Crippen LogP contribution is 2.28. The molecule has 1 fully saturated rings. The lowest BCUT2D eigenvalue weighted by atomic mass is 9.95. The van der Waals surface area contributed by atoms with Crippen molar-refractivity contribution in [3.8, 4) is 23.0 Å². The summed E-state index contributed by atoms with van der Waals surface area (Å²) < 4.78 is 11.0. The number of piperidine rings is 1. The summed E-state index contributed by atoms with van der Waals surface area (Å²) in [5.74, 6) is 0.146. The van der Waals surface area contributed by atoms with Gasteiger partial charge in [-0.25, -0.2) is 4.79 Å². The van der Waals surface area contributed by atoms with E-state index in [9.17, 15) is 24.6 Å². The number of aldehydes is 2. The van der Waals surface area contributed by atoms with Gasteiger partial charge in [-0.3, -0.25) is 9.59 Å². The zero-order valence-corrected chi connectivity index (χ0v) is 16.3. The van der Waals surface area contributed by atoms with Crippen molar-refractivity contribution in [1.82, 2.24) is 4.90 Å². The summed E-state index contributed by atoms with van der Waals surface area (Å²) in [5, 5.41) is 19.4. The average Bonchev–Trinajstić information content (AvgIpc) is 2.74. The van der Waals surface area contributed by atoms with Crippen molar-refractivity contribution in [2.24, 2.45) is 5.92 Å². The number of hydrogen-bond acceptors (Lipinski definition) is 7. The number of carbonyl (C=O) groups is 3. The van der Waals surface area contributed by atoms with Crippen molar-refractivity contribution in [3.63, 3.8) is 0 Å². The maximum absolute atomic E-state index is 12.5. The first-order chi connectivity index (χ1) is 14.5. The topological polar surface area (TPSA) is 113 Å². The van der Waals surface area contributed by atoms with E-state index in [1.165, 1.54) is 24.3 Å². The van der Waals surface area contributed by atoms with Crippen molar-refractivity contribution >= 4 is 18.7 Å². The van der Waals surface area contributed by atoms with E-state index in [0.29, 0.717) is 44.4 Å². The molecular formula is C22H23NO7. The molecule has 1 heterocycles. The van der Waals surface area contributed by atoms with Crippen molar-refractivity contribution in [1.29, 1.82) is 0 Å². The third kappa shape index (κ3) is 4.89. The van der Waals surface area contributed by atoms with Crippen LogP contribution in [0.4, 0.5) is 4.79 Å². The number of likely N-dealkylation sites (tertiary alicyclic amines) is 1. The number of amides is 1. The number of aromatic hydroxyl groups is 2. The van der Waals surface area contributed by atoms with Crippen molar-refractivity contribution in [2.45, 2.75) is 19.3 Å². The number of benzene rings is 2. The van der Waals surface area contributed by atoms with Crippen LogP contribution >= 0.6 is 0 Å². The van der Waals surface area contributed by atoms with Gasteiger partial charge in [0.1, 0.15) is 23.0 Å². The molecule has 8 nitrogen and oxygen atoms in total. The Hall–Kier alpha value is -3.55. The van der Waals surface area contributed by atoms with E-state index in [1.54, 1.807) is 17.0 Å². The van der Waals surface area contributed by atoms with E-state index in [1.807, 2.05) is 0 Å². The molecule has 1 aliphatic heterocycles. The summed E-state index contributed by atoms with van der Waals surface area (Å²) in [6.07, 6.45) is 2.79. The molecule has 0 saturated carbocycles. The second-order valence-electron chi connectivity index (χ2n) is 7.07. The van der Waals surface area contributed by atoms with E-state index in [-0.39, 0.29) is 34.3 Å². The second-order valence-corrected chi connectivity index (χ2v) is 7.07. The smallest absolute Gasteiger partial charge is 0.415 e. The molecule has 1 saturated heterocycles. The van der Waals surface area contributed by atoms with Gasteiger partial charge in [-0.1, -0.05) is 12.1 Å². The molecule has 0 bridgehead atoms. The third-order valence-corrected chi connectivity index (χ3v) is 5.08. The van der Waals surface area contributed by atoms with Gasteiger partial charge in [0.25, 0.3) is 0 Å². The number of phenolic OH excluding ortho intramolecular Hbond substituents is 2. The molecule has 1 amide bonds. The van der Waals surface area contributed by atoms with Crippen molar-refractivity contribution < 1.29 is 34.1 Å². The highest BCUT2D eigenvalue weighted by molar-refractivity contribution is 5.85. The SMILES string of the molecule is O=Cc1c(O)cccc1OCC[C@@H]1CCCN(C(=O)Oc2cccc(O)c2C=O)C1. The zero-order valence-electron chi connectivity index (χ0n) is 16.3. The Kier molecular flexibility index (Phi) is 6.90. The van der Waals surface area contributed by atoms with Gasteiger partial charge in [0.05, 0.1) is 17.7 Å². The molecule has 0 aliphatic carbocycles. The Morgan fingerprint density at radius 3 is 2.33 bits per heavy atom. The zero-order chi connectivity index (χ0) is 21.5. The Bertz CT molecular complexity index is 928. The van der Waals surface area contributed by atoms with Crippen LogP contribution in [0.2, 0.25) is 0 Å². The van der Waals surface area contributed by atoms with E-state index in [0.717, 1.165) is 12.8 Å². The maximum Gasteiger partial charge on any atom is 0.415 e. The first-order valence-corrected chi connectivity index (χ1v) is 9.67. The lowest BCUT2D eigenvalue weighted by molar-refractivity contribution is 0.109. The fourth-order valence-electron chi connectivity index (χ4n) is 3.48. The standard InChI is InChI=1S/C22H23NO7/c24-13-16-18(26)5-1-7-20(16)29-11-9-15-4-3-10-23(12-15)22(28)30-21-8-2-6-19(27)17(21)14-25/h1-2,5-8,13-15,26-27H,3-4,9-12H2/t15-/m0/s1. The summed E-state index contributed by atoms with van der Waals surface area (Å²) in [6.45, 7) is 1.34. The normalized spacial score (nSPS) is 16.0. The molecule has 3 rings (SSSR count). The molecule has 0 unspecified atom stereocenters. The van der Waals surface area contributed by atoms with Gasteiger partial charge >= 0.3 is 6.09 Å². The molecule has 1 atom stereocenters. The Morgan fingerprint density at radius 2 is 1.67 bits per heavy atom. The third-order valence-electron chi connectivity index (χ3n) is 5.08. The minimum atomic E-state index is -0.578. The molecule has 1 aliphatic rings. The van der Waals surface area contributed by atoms with Crippen LogP contribution in [0.3, 0.4) is 0 Å². The number of ether oxygens (including phenoxy) is 2. The maximum atomic E-state index is 12.5. The molecule has 2 aromatic carbocycles. The number of rotatable bonds is 7. The van der Waals surface area contributed by atoms with E-state index < -0.39 is 6.09 Å². The minimum absolute atomic E-state index is 0.0192. The number of hydrogen-bond donors (Lipinski definition) is 2. The van der Waals surface area contributed by atoms with Crippen LogP contribution in [0.15, 0.2) is 36.4 Å². The molecule has 2 aromatic rings. The predicted octanol–water partition coefficient (Wildman–Crippen LogP) is 3.40. The van der Waals surface area contributed by atoms with Crippen LogP contribution in [0, 0.1) is 5.92 Å². The van der Waals surface area contributed by atoms with Crippen LogP contribution in [0.1, 0.15) is 40.0 Å². The van der Waals surface area contributed by atoms with Gasteiger partial charge < -0.3 is 24.6 Å². The Morgan fingerprint density at radius 1 is 1.03 bits per heavy atom. The lowest BCUT2D eigenvalue weighted by Crippen LogP contribution is -2.41. The van der Waals surface area contributed by atoms with Gasteiger partial charge in [0, 0.05) is 13.1 Å². The highest BCUT2D eigenvalue weighted by atomic mass is 16.6. The molecule has 0 aromatic heterocycles. The van der Waals surface area contributed by atoms with Gasteiger partial charge in [-0.15, -0.1) is 0 Å². The van der Waals surface area contributed by atoms with Crippen LogP contribution in [-0.2, 0) is 0 Å². The van der Waals surface area contributed by atoms with Gasteiger partial charge in [-0.2, -0.15) is 0 Å². The van der Waals surface area contributed by atoms with Gasteiger partial charge in [0.15, 0.2) is 12.6 Å². The summed E-state index contributed by atoms with van der Waals surface area (Å²) in [6, 6.07) is 8.94. The van der Waals surface area contributed by atoms with Crippen molar-refractivity contribution in [2.75, 3.05) is 19.7 Å². The average molecular weight is 413 g/mol. The summed E-state index contributed by atoms with van der Waals surface area (Å²) in [4.78, 5) is 36.3. The van der Waals surface area contributed by atoms with E-state index in [2.05, 4.69) is 0 Å².